The monoisotopic (exact) mass is 253 g/mol. The van der Waals surface area contributed by atoms with Crippen LogP contribution in [0.1, 0.15) is 42.6 Å². The number of hydrogen-bond donors (Lipinski definition) is 1. The topological polar surface area (TPSA) is 70.8 Å². The number of aliphatic carboxylic acids is 1. The highest BCUT2D eigenvalue weighted by Crippen LogP contribution is 2.22. The number of rotatable bonds is 4. The van der Waals surface area contributed by atoms with Gasteiger partial charge in [-0.3, -0.25) is 4.79 Å². The van der Waals surface area contributed by atoms with Crippen LogP contribution < -0.4 is 0 Å². The second kappa shape index (κ2) is 4.84. The van der Waals surface area contributed by atoms with Crippen LogP contribution >= 0.6 is 0 Å². The normalized spacial score (nSPS) is 11.4. The predicted molar refractivity (Wildman–Crippen MR) is 66.6 cm³/mol. The van der Waals surface area contributed by atoms with Crippen LogP contribution in [0.4, 0.5) is 0 Å². The summed E-state index contributed by atoms with van der Waals surface area (Å²) in [4.78, 5) is 24.9. The third kappa shape index (κ3) is 2.39. The molecular weight excluding hydrogens is 234 g/mol. The van der Waals surface area contributed by atoms with Gasteiger partial charge in [-0.05, 0) is 40.7 Å². The highest BCUT2D eigenvalue weighted by molar-refractivity contribution is 5.98. The zero-order chi connectivity index (χ0) is 14.1. The minimum atomic E-state index is -1.25. The van der Waals surface area contributed by atoms with E-state index in [1.54, 1.807) is 26.8 Å². The molecule has 0 aromatic carbocycles. The first-order chi connectivity index (χ1) is 8.21. The molecule has 0 unspecified atom stereocenters. The van der Waals surface area contributed by atoms with Crippen LogP contribution in [-0.2, 0) is 4.79 Å². The van der Waals surface area contributed by atoms with E-state index in [1.165, 1.54) is 18.7 Å². The maximum atomic E-state index is 12.4. The Balaban J connectivity index is 3.15. The fraction of sp³-hybridized carbons (Fsp3) is 0.538. The van der Waals surface area contributed by atoms with Crippen LogP contribution in [0, 0.1) is 13.8 Å². The highest BCUT2D eigenvalue weighted by Gasteiger charge is 2.38. The van der Waals surface area contributed by atoms with Crippen molar-refractivity contribution >= 4 is 11.9 Å². The van der Waals surface area contributed by atoms with Gasteiger partial charge in [0.2, 0.25) is 0 Å². The fourth-order valence-electron chi connectivity index (χ4n) is 1.90. The first kappa shape index (κ1) is 14.3. The first-order valence-corrected chi connectivity index (χ1v) is 5.84. The molecule has 0 aliphatic carbocycles. The largest absolute Gasteiger partial charge is 0.480 e. The van der Waals surface area contributed by atoms with Crippen molar-refractivity contribution < 1.29 is 19.1 Å². The van der Waals surface area contributed by atoms with Crippen LogP contribution in [0.5, 0.6) is 0 Å². The van der Waals surface area contributed by atoms with Gasteiger partial charge in [0.25, 0.3) is 5.91 Å². The van der Waals surface area contributed by atoms with Crippen molar-refractivity contribution in [3.05, 3.63) is 23.2 Å². The molecule has 18 heavy (non-hydrogen) atoms. The van der Waals surface area contributed by atoms with Crippen molar-refractivity contribution in [3.8, 4) is 0 Å². The number of carboxylic acid groups (broad SMARTS) is 1. The Morgan fingerprint density at radius 2 is 1.94 bits per heavy atom. The molecule has 5 nitrogen and oxygen atoms in total. The Bertz CT molecular complexity index is 473. The van der Waals surface area contributed by atoms with E-state index in [2.05, 4.69) is 0 Å². The summed E-state index contributed by atoms with van der Waals surface area (Å²) in [6, 6.07) is 1.64. The molecule has 1 heterocycles. The minimum absolute atomic E-state index is 0.320. The summed E-state index contributed by atoms with van der Waals surface area (Å²) in [6.45, 7) is 8.55. The summed E-state index contributed by atoms with van der Waals surface area (Å²) in [5.41, 5.74) is -0.827. The van der Waals surface area contributed by atoms with Crippen molar-refractivity contribution in [2.24, 2.45) is 0 Å². The van der Waals surface area contributed by atoms with Gasteiger partial charge < -0.3 is 14.4 Å². The quantitative estimate of drug-likeness (QED) is 0.893. The van der Waals surface area contributed by atoms with Gasteiger partial charge in [-0.15, -0.1) is 0 Å². The van der Waals surface area contributed by atoms with E-state index in [-0.39, 0.29) is 5.91 Å². The number of aryl methyl sites for hydroxylation is 2. The smallest absolute Gasteiger partial charge is 0.329 e. The Hall–Kier alpha value is -1.78. The highest BCUT2D eigenvalue weighted by atomic mass is 16.4. The van der Waals surface area contributed by atoms with E-state index in [0.29, 0.717) is 23.6 Å². The molecule has 1 N–H and O–H groups in total. The molecule has 1 rings (SSSR count). The molecule has 0 atom stereocenters. The molecule has 1 aromatic heterocycles. The second-order valence-electron chi connectivity index (χ2n) is 4.74. The lowest BCUT2D eigenvalue weighted by Crippen LogP contribution is -2.52. The standard InChI is InChI=1S/C13H19NO4/c1-6-14(13(4,5)12(16)17)11(15)10-7-8(2)18-9(10)3/h7H,6H2,1-5H3,(H,16,17). The van der Waals surface area contributed by atoms with E-state index < -0.39 is 11.5 Å². The number of furan rings is 1. The fourth-order valence-corrected chi connectivity index (χ4v) is 1.90. The third-order valence-corrected chi connectivity index (χ3v) is 3.03. The van der Waals surface area contributed by atoms with Gasteiger partial charge in [0.05, 0.1) is 5.56 Å². The van der Waals surface area contributed by atoms with E-state index >= 15 is 0 Å². The van der Waals surface area contributed by atoms with E-state index in [4.69, 9.17) is 4.42 Å². The third-order valence-electron chi connectivity index (χ3n) is 3.03. The van der Waals surface area contributed by atoms with Crippen LogP contribution in [0.3, 0.4) is 0 Å². The molecule has 0 aliphatic heterocycles. The average molecular weight is 253 g/mol. The van der Waals surface area contributed by atoms with Crippen molar-refractivity contribution in [1.29, 1.82) is 0 Å². The maximum absolute atomic E-state index is 12.4. The van der Waals surface area contributed by atoms with Gasteiger partial charge in [0.15, 0.2) is 0 Å². The molecule has 0 aliphatic rings. The zero-order valence-corrected chi connectivity index (χ0v) is 11.4. The summed E-state index contributed by atoms with van der Waals surface area (Å²) >= 11 is 0. The molecule has 0 bridgehead atoms. The number of nitrogens with zero attached hydrogens (tertiary/aromatic N) is 1. The lowest BCUT2D eigenvalue weighted by molar-refractivity contribution is -0.147. The summed E-state index contributed by atoms with van der Waals surface area (Å²) in [5.74, 6) is -0.202. The summed E-state index contributed by atoms with van der Waals surface area (Å²) in [6.07, 6.45) is 0. The molecule has 1 aromatic rings. The summed E-state index contributed by atoms with van der Waals surface area (Å²) in [5, 5.41) is 9.20. The van der Waals surface area contributed by atoms with Gasteiger partial charge in [-0.1, -0.05) is 0 Å². The molecule has 100 valence electrons. The molecule has 0 saturated carbocycles. The Kier molecular flexibility index (Phi) is 3.84. The number of amides is 1. The number of likely N-dealkylation sites (N-methyl/N-ethyl adjacent to an activating group) is 1. The van der Waals surface area contributed by atoms with Gasteiger partial charge in [-0.25, -0.2) is 4.79 Å². The van der Waals surface area contributed by atoms with Gasteiger partial charge in [-0.2, -0.15) is 0 Å². The van der Waals surface area contributed by atoms with Crippen LogP contribution in [0.25, 0.3) is 0 Å². The van der Waals surface area contributed by atoms with Crippen molar-refractivity contribution in [2.75, 3.05) is 6.54 Å². The second-order valence-corrected chi connectivity index (χ2v) is 4.74. The van der Waals surface area contributed by atoms with E-state index in [9.17, 15) is 14.7 Å². The average Bonchev–Trinajstić information content (AvgIpc) is 2.58. The number of hydrogen-bond acceptors (Lipinski definition) is 3. The van der Waals surface area contributed by atoms with Gasteiger partial charge in [0.1, 0.15) is 17.1 Å². The Morgan fingerprint density at radius 3 is 2.28 bits per heavy atom. The Labute approximate surface area is 106 Å². The van der Waals surface area contributed by atoms with Crippen LogP contribution in [-0.4, -0.2) is 34.0 Å². The SMILES string of the molecule is CCN(C(=O)c1cc(C)oc1C)C(C)(C)C(=O)O. The number of carbonyl (C=O) groups excluding carboxylic acids is 1. The zero-order valence-electron chi connectivity index (χ0n) is 11.4. The van der Waals surface area contributed by atoms with Crippen LogP contribution in [0.15, 0.2) is 10.5 Å². The Morgan fingerprint density at radius 1 is 1.39 bits per heavy atom. The lowest BCUT2D eigenvalue weighted by atomic mass is 10.0. The predicted octanol–water partition coefficient (Wildman–Crippen LogP) is 2.22. The summed E-state index contributed by atoms with van der Waals surface area (Å²) < 4.78 is 5.31. The van der Waals surface area contributed by atoms with Crippen molar-refractivity contribution in [2.45, 2.75) is 40.2 Å². The lowest BCUT2D eigenvalue weighted by Gasteiger charge is -2.34. The number of carbonyl (C=O) groups is 2. The van der Waals surface area contributed by atoms with Crippen LogP contribution in [0.2, 0.25) is 0 Å². The first-order valence-electron chi connectivity index (χ1n) is 5.84. The number of carboxylic acids is 1. The van der Waals surface area contributed by atoms with Crippen molar-refractivity contribution in [3.63, 3.8) is 0 Å². The van der Waals surface area contributed by atoms with Gasteiger partial charge in [0, 0.05) is 6.54 Å². The molecule has 0 fully saturated rings. The molecule has 0 radical (unpaired) electrons. The molecule has 5 heteroatoms. The minimum Gasteiger partial charge on any atom is -0.480 e. The maximum Gasteiger partial charge on any atom is 0.329 e. The molecule has 0 saturated heterocycles. The van der Waals surface area contributed by atoms with E-state index in [1.807, 2.05) is 0 Å². The van der Waals surface area contributed by atoms with Gasteiger partial charge >= 0.3 is 5.97 Å². The molecule has 0 spiro atoms. The molecule has 1 amide bonds. The van der Waals surface area contributed by atoms with E-state index in [0.717, 1.165) is 0 Å². The van der Waals surface area contributed by atoms with Crippen molar-refractivity contribution in [1.82, 2.24) is 4.90 Å². The molecular formula is C13H19NO4. The summed E-state index contributed by atoms with van der Waals surface area (Å²) in [7, 11) is 0.